The molecule has 0 saturated heterocycles. The SMILES string of the molecule is Cc1c(C(=O)NC(C)NS(=O)(=O)C=O)cn2ncc(C#N)c(Nc3ccc(Oc4ccccc4)cc3)c12. The molecule has 1 amide bonds. The van der Waals surface area contributed by atoms with Crippen molar-refractivity contribution in [3.8, 4) is 17.6 Å². The molecule has 1 atom stereocenters. The Kier molecular flexibility index (Phi) is 7.19. The van der Waals surface area contributed by atoms with E-state index in [1.54, 1.807) is 31.2 Å². The maximum Gasteiger partial charge on any atom is 0.273 e. The summed E-state index contributed by atoms with van der Waals surface area (Å²) in [5, 5.41) is 19.6. The van der Waals surface area contributed by atoms with Gasteiger partial charge in [-0.2, -0.15) is 15.1 Å². The van der Waals surface area contributed by atoms with E-state index < -0.39 is 22.1 Å². The molecule has 0 saturated carbocycles. The lowest BCUT2D eigenvalue weighted by Crippen LogP contribution is -2.46. The summed E-state index contributed by atoms with van der Waals surface area (Å²) in [6.45, 7) is 3.07. The molecule has 4 rings (SSSR count). The smallest absolute Gasteiger partial charge is 0.273 e. The van der Waals surface area contributed by atoms with Gasteiger partial charge < -0.3 is 15.4 Å². The van der Waals surface area contributed by atoms with Crippen LogP contribution >= 0.6 is 0 Å². The Labute approximate surface area is 212 Å². The molecule has 0 aliphatic carbocycles. The zero-order valence-electron chi connectivity index (χ0n) is 19.8. The minimum absolute atomic E-state index is 0.217. The number of amides is 1. The van der Waals surface area contributed by atoms with E-state index in [4.69, 9.17) is 4.74 Å². The predicted molar refractivity (Wildman–Crippen MR) is 137 cm³/mol. The highest BCUT2D eigenvalue weighted by Crippen LogP contribution is 2.31. The number of rotatable bonds is 9. The molecule has 11 nitrogen and oxygen atoms in total. The predicted octanol–water partition coefficient (Wildman–Crippen LogP) is 3.24. The first-order valence-electron chi connectivity index (χ1n) is 11.0. The number of hydrogen-bond donors (Lipinski definition) is 3. The summed E-state index contributed by atoms with van der Waals surface area (Å²) < 4.78 is 32.2. The van der Waals surface area contributed by atoms with Crippen molar-refractivity contribution in [2.24, 2.45) is 0 Å². The maximum absolute atomic E-state index is 12.9. The van der Waals surface area contributed by atoms with Crippen LogP contribution in [0.15, 0.2) is 67.0 Å². The molecule has 0 bridgehead atoms. The van der Waals surface area contributed by atoms with Crippen molar-refractivity contribution in [3.63, 3.8) is 0 Å². The van der Waals surface area contributed by atoms with E-state index in [1.165, 1.54) is 23.8 Å². The number of carbonyl (C=O) groups is 2. The lowest BCUT2D eigenvalue weighted by molar-refractivity contribution is 0.0938. The van der Waals surface area contributed by atoms with Crippen LogP contribution in [0, 0.1) is 18.3 Å². The first-order valence-corrected chi connectivity index (χ1v) is 12.5. The van der Waals surface area contributed by atoms with Crippen molar-refractivity contribution < 1.29 is 22.7 Å². The summed E-state index contributed by atoms with van der Waals surface area (Å²) >= 11 is 0. The first kappa shape index (κ1) is 25.4. The van der Waals surface area contributed by atoms with E-state index in [1.807, 2.05) is 35.1 Å². The molecule has 3 N–H and O–H groups in total. The van der Waals surface area contributed by atoms with Crippen LogP contribution in [-0.4, -0.2) is 35.7 Å². The van der Waals surface area contributed by atoms with Crippen LogP contribution < -0.4 is 20.1 Å². The molecule has 0 aliphatic heterocycles. The van der Waals surface area contributed by atoms with Gasteiger partial charge in [0.25, 0.3) is 15.9 Å². The van der Waals surface area contributed by atoms with Gasteiger partial charge in [0.05, 0.1) is 34.7 Å². The van der Waals surface area contributed by atoms with E-state index in [0.717, 1.165) is 0 Å². The van der Waals surface area contributed by atoms with E-state index in [9.17, 15) is 23.3 Å². The molecule has 37 heavy (non-hydrogen) atoms. The van der Waals surface area contributed by atoms with Crippen LogP contribution in [0.3, 0.4) is 0 Å². The van der Waals surface area contributed by atoms with Gasteiger partial charge in [0.2, 0.25) is 5.62 Å². The number of nitriles is 1. The van der Waals surface area contributed by atoms with Crippen LogP contribution in [0.1, 0.15) is 28.4 Å². The lowest BCUT2D eigenvalue weighted by atomic mass is 10.1. The Morgan fingerprint density at radius 2 is 1.81 bits per heavy atom. The standard InChI is InChI=1S/C25H22N6O5S/c1-16-22(25(33)28-17(2)30-37(34,35)15-32)14-31-24(16)23(18(12-26)13-27-31)29-19-8-10-21(11-9-19)36-20-6-4-3-5-7-20/h3-11,13-15,17,29-30H,1-2H3,(H,28,33). The second-order valence-electron chi connectivity index (χ2n) is 8.02. The number of nitrogens with one attached hydrogen (secondary N) is 3. The van der Waals surface area contributed by atoms with Crippen molar-refractivity contribution in [2.45, 2.75) is 20.0 Å². The minimum atomic E-state index is -4.17. The molecule has 0 radical (unpaired) electrons. The Balaban J connectivity index is 1.61. The highest BCUT2D eigenvalue weighted by molar-refractivity contribution is 8.02. The molecule has 0 spiro atoms. The molecule has 0 aliphatic rings. The normalized spacial score (nSPS) is 11.9. The summed E-state index contributed by atoms with van der Waals surface area (Å²) in [6.07, 6.45) is 1.82. The lowest BCUT2D eigenvalue weighted by Gasteiger charge is -2.13. The molecule has 188 valence electrons. The second-order valence-corrected chi connectivity index (χ2v) is 9.54. The van der Waals surface area contributed by atoms with Crippen molar-refractivity contribution in [1.29, 1.82) is 5.26 Å². The van der Waals surface area contributed by atoms with Gasteiger partial charge in [-0.3, -0.25) is 9.59 Å². The summed E-state index contributed by atoms with van der Waals surface area (Å²) in [5.41, 5.74) is 2.37. The van der Waals surface area contributed by atoms with Crippen LogP contribution in [0.2, 0.25) is 0 Å². The fourth-order valence-electron chi connectivity index (χ4n) is 3.68. The molecule has 1 unspecified atom stereocenters. The fourth-order valence-corrected chi connectivity index (χ4v) is 4.29. The number of benzene rings is 2. The zero-order valence-corrected chi connectivity index (χ0v) is 20.6. The number of para-hydroxylation sites is 1. The molecule has 2 heterocycles. The van der Waals surface area contributed by atoms with Gasteiger partial charge in [0.15, 0.2) is 0 Å². The Hall–Kier alpha value is -4.73. The zero-order chi connectivity index (χ0) is 26.6. The monoisotopic (exact) mass is 518 g/mol. The highest BCUT2D eigenvalue weighted by atomic mass is 32.2. The minimum Gasteiger partial charge on any atom is -0.457 e. The van der Waals surface area contributed by atoms with E-state index in [0.29, 0.717) is 34.0 Å². The third kappa shape index (κ3) is 5.75. The average Bonchev–Trinajstić information content (AvgIpc) is 3.22. The molecule has 2 aromatic heterocycles. The van der Waals surface area contributed by atoms with Crippen LogP contribution in [0.4, 0.5) is 11.4 Å². The largest absolute Gasteiger partial charge is 0.457 e. The fraction of sp³-hybridized carbons (Fsp3) is 0.120. The summed E-state index contributed by atoms with van der Waals surface area (Å²) in [5.74, 6) is 0.749. The van der Waals surface area contributed by atoms with Crippen LogP contribution in [-0.2, 0) is 14.8 Å². The molecular formula is C25H22N6O5S. The molecule has 2 aromatic carbocycles. The van der Waals surface area contributed by atoms with Gasteiger partial charge in [-0.15, -0.1) is 0 Å². The van der Waals surface area contributed by atoms with Gasteiger partial charge in [-0.1, -0.05) is 18.2 Å². The van der Waals surface area contributed by atoms with Gasteiger partial charge in [0, 0.05) is 11.9 Å². The molecule has 4 aromatic rings. The first-order chi connectivity index (χ1) is 17.7. The Morgan fingerprint density at radius 3 is 2.46 bits per heavy atom. The van der Waals surface area contributed by atoms with E-state index >= 15 is 0 Å². The number of anilines is 2. The number of carbonyl (C=O) groups excluding carboxylic acids is 2. The van der Waals surface area contributed by atoms with Crippen LogP contribution in [0.25, 0.3) is 5.52 Å². The molecule has 0 fully saturated rings. The van der Waals surface area contributed by atoms with Crippen molar-refractivity contribution in [2.75, 3.05) is 5.32 Å². The molecular weight excluding hydrogens is 496 g/mol. The number of aromatic nitrogens is 2. The highest BCUT2D eigenvalue weighted by Gasteiger charge is 2.22. The number of nitrogens with zero attached hydrogens (tertiary/aromatic N) is 3. The number of sulfonamides is 1. The van der Waals surface area contributed by atoms with Crippen molar-refractivity contribution >= 4 is 38.4 Å². The number of aryl methyl sites for hydroxylation is 1. The number of fused-ring (bicyclic) bond motifs is 1. The summed E-state index contributed by atoms with van der Waals surface area (Å²) in [7, 11) is -4.17. The molecule has 12 heteroatoms. The maximum atomic E-state index is 12.9. The van der Waals surface area contributed by atoms with Gasteiger partial charge >= 0.3 is 0 Å². The average molecular weight is 519 g/mol. The van der Waals surface area contributed by atoms with E-state index in [2.05, 4.69) is 21.8 Å². The van der Waals surface area contributed by atoms with Gasteiger partial charge in [-0.25, -0.2) is 12.9 Å². The number of ether oxygens (including phenoxy) is 1. The van der Waals surface area contributed by atoms with E-state index in [-0.39, 0.29) is 16.7 Å². The van der Waals surface area contributed by atoms with Gasteiger partial charge in [0.1, 0.15) is 17.6 Å². The van der Waals surface area contributed by atoms with Crippen LogP contribution in [0.5, 0.6) is 11.5 Å². The third-order valence-electron chi connectivity index (χ3n) is 5.34. The topological polar surface area (TPSA) is 155 Å². The summed E-state index contributed by atoms with van der Waals surface area (Å²) in [4.78, 5) is 23.5. The number of hydrogen-bond acceptors (Lipinski definition) is 8. The second kappa shape index (κ2) is 10.5. The third-order valence-corrected chi connectivity index (χ3v) is 6.28. The Morgan fingerprint density at radius 1 is 1.14 bits per heavy atom. The van der Waals surface area contributed by atoms with Gasteiger partial charge in [-0.05, 0) is 55.8 Å². The quantitative estimate of drug-likeness (QED) is 0.225. The van der Waals surface area contributed by atoms with Crippen molar-refractivity contribution in [3.05, 3.63) is 83.7 Å². The van der Waals surface area contributed by atoms with Crippen molar-refractivity contribution in [1.82, 2.24) is 19.7 Å². The Bertz CT molecular complexity index is 1610. The summed E-state index contributed by atoms with van der Waals surface area (Å²) in [6, 6.07) is 18.6.